The molecule has 0 aliphatic carbocycles. The largest absolute Gasteiger partial charge is 0.417 e. The van der Waals surface area contributed by atoms with E-state index in [0.29, 0.717) is 21.3 Å². The molecule has 7 heteroatoms. The van der Waals surface area contributed by atoms with Gasteiger partial charge in [0.2, 0.25) is 5.65 Å². The Bertz CT molecular complexity index is 863. The van der Waals surface area contributed by atoms with Crippen molar-refractivity contribution in [3.05, 3.63) is 55.7 Å². The van der Waals surface area contributed by atoms with Gasteiger partial charge in [0, 0.05) is 11.9 Å². The third-order valence-electron chi connectivity index (χ3n) is 2.89. The maximum Gasteiger partial charge on any atom is 0.380 e. The molecule has 0 atom stereocenters. The van der Waals surface area contributed by atoms with Crippen molar-refractivity contribution in [3.63, 3.8) is 0 Å². The average Bonchev–Trinajstić information content (AvgIpc) is 2.78. The van der Waals surface area contributed by atoms with Crippen LogP contribution in [-0.4, -0.2) is 9.38 Å². The van der Waals surface area contributed by atoms with Gasteiger partial charge < -0.3 is 4.42 Å². The predicted molar refractivity (Wildman–Crippen MR) is 78.9 cm³/mol. The lowest BCUT2D eigenvalue weighted by Crippen LogP contribution is -2.08. The molecule has 1 aromatic carbocycles. The van der Waals surface area contributed by atoms with Gasteiger partial charge in [0.25, 0.3) is 0 Å². The summed E-state index contributed by atoms with van der Waals surface area (Å²) in [6.07, 6.45) is 1.54. The fourth-order valence-corrected chi connectivity index (χ4v) is 2.90. The van der Waals surface area contributed by atoms with Gasteiger partial charge in [-0.15, -0.1) is 0 Å². The lowest BCUT2D eigenvalue weighted by molar-refractivity contribution is 0.523. The van der Waals surface area contributed by atoms with E-state index in [1.54, 1.807) is 25.1 Å². The van der Waals surface area contributed by atoms with E-state index in [1.165, 1.54) is 10.6 Å². The molecule has 2 heterocycles. The average molecular weight is 330 g/mol. The van der Waals surface area contributed by atoms with Gasteiger partial charge in [0.05, 0.1) is 15.6 Å². The molecule has 0 aliphatic heterocycles. The number of hydrogen-bond acceptors (Lipinski definition) is 3. The molecule has 0 saturated heterocycles. The summed E-state index contributed by atoms with van der Waals surface area (Å²) >= 11 is 18.6. The van der Waals surface area contributed by atoms with Gasteiger partial charge in [-0.1, -0.05) is 40.9 Å². The topological polar surface area (TPSA) is 47.5 Å². The van der Waals surface area contributed by atoms with Crippen LogP contribution in [0, 0.1) is 6.92 Å². The van der Waals surface area contributed by atoms with Crippen molar-refractivity contribution in [2.75, 3.05) is 0 Å². The van der Waals surface area contributed by atoms with E-state index in [4.69, 9.17) is 39.2 Å². The van der Waals surface area contributed by atoms with E-state index in [2.05, 4.69) is 4.98 Å². The number of halogens is 3. The Morgan fingerprint density at radius 3 is 2.50 bits per heavy atom. The Kier molecular flexibility index (Phi) is 3.24. The molecule has 0 radical (unpaired) electrons. The van der Waals surface area contributed by atoms with Crippen LogP contribution in [0.2, 0.25) is 15.2 Å². The zero-order valence-corrected chi connectivity index (χ0v) is 12.4. The Hall–Kier alpha value is -1.49. The van der Waals surface area contributed by atoms with E-state index < -0.39 is 5.63 Å². The molecule has 0 bridgehead atoms. The quantitative estimate of drug-likeness (QED) is 0.671. The highest BCUT2D eigenvalue weighted by molar-refractivity contribution is 6.40. The Balaban J connectivity index is 2.47. The molecular formula is C13H7Cl3N2O2. The van der Waals surface area contributed by atoms with Crippen LogP contribution >= 0.6 is 34.8 Å². The minimum Gasteiger partial charge on any atom is -0.417 e. The Morgan fingerprint density at radius 1 is 1.20 bits per heavy atom. The van der Waals surface area contributed by atoms with Crippen LogP contribution in [0.1, 0.15) is 5.69 Å². The van der Waals surface area contributed by atoms with Crippen molar-refractivity contribution in [1.29, 1.82) is 0 Å². The summed E-state index contributed by atoms with van der Waals surface area (Å²) in [5, 5.41) is 0.893. The molecule has 0 N–H and O–H groups in total. The molecular weight excluding hydrogens is 323 g/mol. The van der Waals surface area contributed by atoms with Crippen molar-refractivity contribution in [2.24, 2.45) is 0 Å². The number of rotatable bonds is 1. The monoisotopic (exact) mass is 328 g/mol. The molecule has 0 unspecified atom stereocenters. The first-order valence-corrected chi connectivity index (χ1v) is 6.75. The summed E-state index contributed by atoms with van der Waals surface area (Å²) in [6.45, 7) is 1.78. The van der Waals surface area contributed by atoms with Gasteiger partial charge >= 0.3 is 5.63 Å². The van der Waals surface area contributed by atoms with Crippen molar-refractivity contribution < 1.29 is 4.42 Å². The van der Waals surface area contributed by atoms with Crippen LogP contribution in [0.3, 0.4) is 0 Å². The smallest absolute Gasteiger partial charge is 0.380 e. The van der Waals surface area contributed by atoms with Crippen LogP contribution in [0.5, 0.6) is 0 Å². The number of imidazole rings is 1. The summed E-state index contributed by atoms with van der Waals surface area (Å²) < 4.78 is 6.74. The van der Waals surface area contributed by atoms with Crippen LogP contribution < -0.4 is 5.63 Å². The summed E-state index contributed by atoms with van der Waals surface area (Å²) in [5.74, 6) is 0.126. The predicted octanol–water partition coefficient (Wildman–Crippen LogP) is 4.22. The highest BCUT2D eigenvalue weighted by Crippen LogP contribution is 2.38. The van der Waals surface area contributed by atoms with Crippen LogP contribution in [0.4, 0.5) is 0 Å². The van der Waals surface area contributed by atoms with E-state index in [-0.39, 0.29) is 16.6 Å². The minimum absolute atomic E-state index is 0.124. The zero-order valence-electron chi connectivity index (χ0n) is 10.2. The van der Waals surface area contributed by atoms with E-state index in [1.807, 2.05) is 0 Å². The number of nitrogens with zero attached hydrogens (tertiary/aromatic N) is 2. The SMILES string of the molecule is Cc1cnc2c(=O)oc(-c3c(Cl)cccc3Cl)c(Cl)n12. The molecule has 0 aliphatic rings. The second kappa shape index (κ2) is 4.81. The number of benzene rings is 1. The van der Waals surface area contributed by atoms with Crippen molar-refractivity contribution in [1.82, 2.24) is 9.38 Å². The molecule has 0 amide bonds. The Labute approximate surface area is 128 Å². The zero-order chi connectivity index (χ0) is 14.4. The summed E-state index contributed by atoms with van der Waals surface area (Å²) in [7, 11) is 0. The van der Waals surface area contributed by atoms with Gasteiger partial charge in [-0.3, -0.25) is 4.40 Å². The number of hydrogen-bond donors (Lipinski definition) is 0. The maximum atomic E-state index is 12.0. The first-order valence-electron chi connectivity index (χ1n) is 5.61. The lowest BCUT2D eigenvalue weighted by Gasteiger charge is -2.09. The van der Waals surface area contributed by atoms with Crippen LogP contribution in [0.15, 0.2) is 33.6 Å². The molecule has 4 nitrogen and oxygen atoms in total. The van der Waals surface area contributed by atoms with E-state index >= 15 is 0 Å². The summed E-state index contributed by atoms with van der Waals surface area (Å²) in [4.78, 5) is 15.9. The van der Waals surface area contributed by atoms with Gasteiger partial charge in [-0.25, -0.2) is 9.78 Å². The first kappa shape index (κ1) is 13.5. The standard InChI is InChI=1S/C13H7Cl3N2O2/c1-6-5-17-12-13(19)20-10(11(16)18(6)12)9-7(14)3-2-4-8(9)15/h2-5H,1H3. The third kappa shape index (κ3) is 1.92. The molecule has 20 heavy (non-hydrogen) atoms. The van der Waals surface area contributed by atoms with Gasteiger partial charge in [0.15, 0.2) is 10.9 Å². The van der Waals surface area contributed by atoms with Gasteiger partial charge in [0.1, 0.15) is 0 Å². The van der Waals surface area contributed by atoms with Crippen LogP contribution in [-0.2, 0) is 0 Å². The molecule has 3 aromatic rings. The van der Waals surface area contributed by atoms with Gasteiger partial charge in [-0.2, -0.15) is 0 Å². The lowest BCUT2D eigenvalue weighted by atomic mass is 10.2. The second-order valence-corrected chi connectivity index (χ2v) is 5.34. The highest BCUT2D eigenvalue weighted by atomic mass is 35.5. The highest BCUT2D eigenvalue weighted by Gasteiger charge is 2.20. The number of aromatic nitrogens is 2. The maximum absolute atomic E-state index is 12.0. The fraction of sp³-hybridized carbons (Fsp3) is 0.0769. The normalized spacial score (nSPS) is 11.2. The summed E-state index contributed by atoms with van der Waals surface area (Å²) in [6, 6.07) is 4.98. The molecule has 0 fully saturated rings. The minimum atomic E-state index is -0.603. The Morgan fingerprint density at radius 2 is 1.85 bits per heavy atom. The molecule has 3 rings (SSSR count). The first-order chi connectivity index (χ1) is 9.50. The molecule has 102 valence electrons. The molecule has 0 saturated carbocycles. The number of aryl methyl sites for hydroxylation is 1. The van der Waals surface area contributed by atoms with Crippen molar-refractivity contribution in [3.8, 4) is 11.3 Å². The molecule has 2 aromatic heterocycles. The molecule has 0 spiro atoms. The third-order valence-corrected chi connectivity index (χ3v) is 3.86. The van der Waals surface area contributed by atoms with Crippen molar-refractivity contribution in [2.45, 2.75) is 6.92 Å². The van der Waals surface area contributed by atoms with E-state index in [9.17, 15) is 4.79 Å². The van der Waals surface area contributed by atoms with Crippen LogP contribution in [0.25, 0.3) is 17.0 Å². The van der Waals surface area contributed by atoms with Gasteiger partial charge in [-0.05, 0) is 19.1 Å². The van der Waals surface area contributed by atoms with E-state index in [0.717, 1.165) is 0 Å². The fourth-order valence-electron chi connectivity index (χ4n) is 1.98. The number of fused-ring (bicyclic) bond motifs is 1. The summed E-state index contributed by atoms with van der Waals surface area (Å²) in [5.41, 5.74) is 0.614. The van der Waals surface area contributed by atoms with Crippen molar-refractivity contribution >= 4 is 40.4 Å². The second-order valence-electron chi connectivity index (χ2n) is 4.16.